The van der Waals surface area contributed by atoms with E-state index in [1.165, 1.54) is 109 Å². The van der Waals surface area contributed by atoms with Crippen LogP contribution in [0.5, 0.6) is 0 Å². The molecule has 0 aromatic rings. The average Bonchev–Trinajstić information content (AvgIpc) is 3.40. The highest BCUT2D eigenvalue weighted by Gasteiger charge is 2.44. The molecule has 11 heteroatoms. The van der Waals surface area contributed by atoms with Crippen LogP contribution in [-0.2, 0) is 23.8 Å². The smallest absolute Gasteiger partial charge is 0.305 e. The maximum absolute atomic E-state index is 13.0. The standard InChI is InChI=1S/C63H109NO10/c1-3-5-7-9-11-13-14-15-16-17-22-25-28-31-35-39-43-47-51-59(68)72-52-48-44-40-36-32-29-26-23-20-18-19-21-24-27-30-34-38-42-46-50-58(67)64-55(56(66)49-45-41-37-33-12-10-8-6-4-2)54-73-63-62(71)61(70)60(69)57(53-65)74-63/h4,6,12-14,16-17,23,26,29,32-33,45,49,55-57,60-63,65-66,69-71H,3,5,7-11,15,18-22,24-25,27-28,30-31,34-44,46-48,50-54H2,1-2H3,(H,64,67)/b6-4+,14-13-,17-16-,26-23-,32-29-,33-12+,49-45+. The number of rotatable bonds is 50. The van der Waals surface area contributed by atoms with E-state index in [1.807, 2.05) is 19.1 Å². The lowest BCUT2D eigenvalue weighted by Gasteiger charge is -2.40. The van der Waals surface area contributed by atoms with Gasteiger partial charge in [-0.1, -0.05) is 195 Å². The highest BCUT2D eigenvalue weighted by Crippen LogP contribution is 2.23. The van der Waals surface area contributed by atoms with Crippen molar-refractivity contribution in [3.8, 4) is 0 Å². The van der Waals surface area contributed by atoms with Gasteiger partial charge in [-0.05, 0) is 116 Å². The van der Waals surface area contributed by atoms with Crippen LogP contribution in [0.4, 0.5) is 0 Å². The topological polar surface area (TPSA) is 175 Å². The van der Waals surface area contributed by atoms with Crippen LogP contribution in [0.3, 0.4) is 0 Å². The van der Waals surface area contributed by atoms with Gasteiger partial charge >= 0.3 is 5.97 Å². The summed E-state index contributed by atoms with van der Waals surface area (Å²) in [5, 5.41) is 54.1. The fourth-order valence-electron chi connectivity index (χ4n) is 8.79. The van der Waals surface area contributed by atoms with Crippen molar-refractivity contribution in [1.29, 1.82) is 0 Å². The van der Waals surface area contributed by atoms with E-state index in [9.17, 15) is 35.1 Å². The maximum atomic E-state index is 13.0. The van der Waals surface area contributed by atoms with Gasteiger partial charge in [0.05, 0.1) is 32.0 Å². The monoisotopic (exact) mass is 1040 g/mol. The van der Waals surface area contributed by atoms with E-state index < -0.39 is 49.5 Å². The van der Waals surface area contributed by atoms with Gasteiger partial charge in [-0.2, -0.15) is 0 Å². The molecule has 6 N–H and O–H groups in total. The predicted octanol–water partition coefficient (Wildman–Crippen LogP) is 13.8. The van der Waals surface area contributed by atoms with Crippen molar-refractivity contribution in [3.05, 3.63) is 85.1 Å². The van der Waals surface area contributed by atoms with Crippen LogP contribution >= 0.6 is 0 Å². The zero-order valence-electron chi connectivity index (χ0n) is 46.8. The van der Waals surface area contributed by atoms with Gasteiger partial charge in [-0.3, -0.25) is 9.59 Å². The molecule has 0 spiro atoms. The first-order chi connectivity index (χ1) is 36.2. The van der Waals surface area contributed by atoms with Crippen LogP contribution in [0.1, 0.15) is 239 Å². The molecule has 7 atom stereocenters. The number of hydrogen-bond donors (Lipinski definition) is 6. The normalized spacial score (nSPS) is 19.5. The highest BCUT2D eigenvalue weighted by molar-refractivity contribution is 5.76. The fraction of sp³-hybridized carbons (Fsp3) is 0.746. The molecule has 7 unspecified atom stereocenters. The summed E-state index contributed by atoms with van der Waals surface area (Å²) in [6, 6.07) is -0.843. The predicted molar refractivity (Wildman–Crippen MR) is 306 cm³/mol. The second kappa shape index (κ2) is 51.9. The van der Waals surface area contributed by atoms with Gasteiger partial charge in [0.15, 0.2) is 6.29 Å². The zero-order chi connectivity index (χ0) is 53.8. The molecule has 0 radical (unpaired) electrons. The molecule has 0 aliphatic carbocycles. The molecular weight excluding hydrogens is 931 g/mol. The van der Waals surface area contributed by atoms with Gasteiger partial charge in [-0.15, -0.1) is 0 Å². The molecule has 0 aromatic carbocycles. The molecule has 1 rings (SSSR count). The first kappa shape index (κ1) is 68.9. The number of esters is 1. The SMILES string of the molecule is C/C=C/CC/C=C/CC/C=C/C(O)C(COC1OC(CO)C(O)C(O)C1O)NC(=O)CCCCCCCCCCCC/C=C\C=C/CCCCCOC(=O)CCCCCCCCC/C=C\C/C=C\CCCCCC. The van der Waals surface area contributed by atoms with Crippen molar-refractivity contribution in [2.75, 3.05) is 19.8 Å². The minimum absolute atomic E-state index is 0.0380. The van der Waals surface area contributed by atoms with E-state index in [-0.39, 0.29) is 18.5 Å². The number of nitrogens with one attached hydrogen (secondary N) is 1. The molecule has 0 saturated carbocycles. The summed E-state index contributed by atoms with van der Waals surface area (Å²) in [6.45, 7) is 4.00. The van der Waals surface area contributed by atoms with Gasteiger partial charge in [0.2, 0.25) is 5.91 Å². The minimum atomic E-state index is -1.59. The molecular formula is C63H109NO10. The van der Waals surface area contributed by atoms with Crippen LogP contribution in [-0.4, -0.2) is 100 Å². The Morgan fingerprint density at radius 2 is 1.01 bits per heavy atom. The van der Waals surface area contributed by atoms with Gasteiger partial charge in [-0.25, -0.2) is 0 Å². The molecule has 0 bridgehead atoms. The Morgan fingerprint density at radius 3 is 1.57 bits per heavy atom. The van der Waals surface area contributed by atoms with Crippen LogP contribution in [0.25, 0.3) is 0 Å². The number of aliphatic hydroxyl groups is 5. The molecule has 1 heterocycles. The van der Waals surface area contributed by atoms with Crippen molar-refractivity contribution < 1.29 is 49.3 Å². The van der Waals surface area contributed by atoms with Crippen molar-refractivity contribution in [2.24, 2.45) is 0 Å². The third-order valence-corrected chi connectivity index (χ3v) is 13.6. The third kappa shape index (κ3) is 41.1. The van der Waals surface area contributed by atoms with E-state index >= 15 is 0 Å². The third-order valence-electron chi connectivity index (χ3n) is 13.6. The van der Waals surface area contributed by atoms with Crippen LogP contribution in [0.15, 0.2) is 85.1 Å². The number of amides is 1. The number of unbranched alkanes of at least 4 members (excludes halogenated alkanes) is 26. The molecule has 0 aromatic heterocycles. The number of carbonyl (C=O) groups is 2. The Morgan fingerprint density at radius 1 is 0.541 bits per heavy atom. The summed E-state index contributed by atoms with van der Waals surface area (Å²) < 4.78 is 16.6. The fourth-order valence-corrected chi connectivity index (χ4v) is 8.79. The molecule has 1 fully saturated rings. The zero-order valence-corrected chi connectivity index (χ0v) is 46.8. The van der Waals surface area contributed by atoms with Crippen molar-refractivity contribution >= 4 is 11.9 Å². The van der Waals surface area contributed by atoms with E-state index in [1.54, 1.807) is 6.08 Å². The van der Waals surface area contributed by atoms with Gasteiger partial charge in [0, 0.05) is 12.8 Å². The minimum Gasteiger partial charge on any atom is -0.466 e. The van der Waals surface area contributed by atoms with Gasteiger partial charge in [0.25, 0.3) is 0 Å². The Bertz CT molecular complexity index is 1500. The molecule has 1 amide bonds. The lowest BCUT2D eigenvalue weighted by atomic mass is 9.99. The molecule has 426 valence electrons. The van der Waals surface area contributed by atoms with Crippen molar-refractivity contribution in [3.63, 3.8) is 0 Å². The second-order valence-electron chi connectivity index (χ2n) is 20.4. The highest BCUT2D eigenvalue weighted by atomic mass is 16.7. The molecule has 74 heavy (non-hydrogen) atoms. The first-order valence-electron chi connectivity index (χ1n) is 29.8. The van der Waals surface area contributed by atoms with Gasteiger partial charge in [0.1, 0.15) is 24.4 Å². The Kier molecular flexibility index (Phi) is 48.3. The van der Waals surface area contributed by atoms with Crippen LogP contribution in [0.2, 0.25) is 0 Å². The molecule has 1 aliphatic rings. The van der Waals surface area contributed by atoms with E-state index in [4.69, 9.17) is 14.2 Å². The maximum Gasteiger partial charge on any atom is 0.305 e. The lowest BCUT2D eigenvalue weighted by molar-refractivity contribution is -0.302. The van der Waals surface area contributed by atoms with Crippen molar-refractivity contribution in [2.45, 2.75) is 281 Å². The Labute approximate surface area is 451 Å². The summed E-state index contributed by atoms with van der Waals surface area (Å²) >= 11 is 0. The van der Waals surface area contributed by atoms with Crippen LogP contribution < -0.4 is 5.32 Å². The summed E-state index contributed by atoms with van der Waals surface area (Å²) in [6.07, 6.45) is 60.0. The molecule has 11 nitrogen and oxygen atoms in total. The summed E-state index contributed by atoms with van der Waals surface area (Å²) in [5.74, 6) is -0.250. The average molecular weight is 1040 g/mol. The number of allylic oxidation sites excluding steroid dienone is 13. The molecule has 1 saturated heterocycles. The Hall–Kier alpha value is -3.16. The molecule has 1 aliphatic heterocycles. The second-order valence-corrected chi connectivity index (χ2v) is 20.4. The number of carbonyl (C=O) groups excluding carboxylic acids is 2. The summed E-state index contributed by atoms with van der Waals surface area (Å²) in [4.78, 5) is 25.1. The first-order valence-corrected chi connectivity index (χ1v) is 29.8. The number of ether oxygens (including phenoxy) is 3. The largest absolute Gasteiger partial charge is 0.466 e. The number of hydrogen-bond acceptors (Lipinski definition) is 10. The quantitative estimate of drug-likeness (QED) is 0.0149. The summed E-state index contributed by atoms with van der Waals surface area (Å²) in [7, 11) is 0. The van der Waals surface area contributed by atoms with Crippen LogP contribution in [0, 0.1) is 0 Å². The van der Waals surface area contributed by atoms with E-state index in [0.29, 0.717) is 25.9 Å². The Balaban J connectivity index is 2.04. The summed E-state index contributed by atoms with van der Waals surface area (Å²) in [5.41, 5.74) is 0. The number of aliphatic hydroxyl groups excluding tert-OH is 5. The van der Waals surface area contributed by atoms with Crippen molar-refractivity contribution in [1.82, 2.24) is 5.32 Å². The lowest BCUT2D eigenvalue weighted by Crippen LogP contribution is -2.60. The van der Waals surface area contributed by atoms with Gasteiger partial charge < -0.3 is 45.1 Å². The van der Waals surface area contributed by atoms with E-state index in [2.05, 4.69) is 79.1 Å². The van der Waals surface area contributed by atoms with E-state index in [0.717, 1.165) is 96.3 Å².